The van der Waals surface area contributed by atoms with Crippen molar-refractivity contribution in [2.45, 2.75) is 24.5 Å². The Morgan fingerprint density at radius 1 is 1.57 bits per heavy atom. The van der Waals surface area contributed by atoms with Crippen molar-refractivity contribution in [1.29, 1.82) is 0 Å². The summed E-state index contributed by atoms with van der Waals surface area (Å²) in [6.45, 7) is 1.15. The van der Waals surface area contributed by atoms with Crippen LogP contribution in [0.15, 0.2) is 18.3 Å². The maximum atomic E-state index is 12.5. The van der Waals surface area contributed by atoms with Gasteiger partial charge in [-0.1, -0.05) is 0 Å². The molecule has 23 heavy (non-hydrogen) atoms. The van der Waals surface area contributed by atoms with Crippen LogP contribution in [0.3, 0.4) is 0 Å². The quantitative estimate of drug-likeness (QED) is 0.884. The highest BCUT2D eigenvalue weighted by Gasteiger charge is 2.44. The van der Waals surface area contributed by atoms with Crippen molar-refractivity contribution in [1.82, 2.24) is 9.88 Å². The molecule has 0 saturated carbocycles. The van der Waals surface area contributed by atoms with Crippen LogP contribution in [-0.2, 0) is 4.79 Å². The van der Waals surface area contributed by atoms with Gasteiger partial charge in [-0.05, 0) is 24.3 Å². The molecular formula is C16H23N3O3S. The molecule has 2 aliphatic heterocycles. The second-order valence-electron chi connectivity index (χ2n) is 6.33. The second-order valence-corrected chi connectivity index (χ2v) is 7.44. The molecule has 0 aromatic carbocycles. The molecule has 7 heteroatoms. The molecule has 2 fully saturated rings. The smallest absolute Gasteiger partial charge is 0.255 e. The van der Waals surface area contributed by atoms with Crippen LogP contribution in [0.5, 0.6) is 5.75 Å². The highest BCUT2D eigenvalue weighted by Crippen LogP contribution is 2.32. The standard InChI is InChI=1S/C16H23N3O3S/c1-18(2)14-13(4-3-7-17-14)22-12-5-8-19(10-12)15(20)16(21)6-9-23-11-16/h3-4,7,12,21H,5-6,8-11H2,1-2H3. The number of nitrogens with zero attached hydrogens (tertiary/aromatic N) is 3. The summed E-state index contributed by atoms with van der Waals surface area (Å²) in [5.74, 6) is 2.71. The summed E-state index contributed by atoms with van der Waals surface area (Å²) in [7, 11) is 3.85. The zero-order chi connectivity index (χ0) is 16.4. The van der Waals surface area contributed by atoms with Gasteiger partial charge in [0.05, 0.1) is 6.54 Å². The Hall–Kier alpha value is -1.47. The minimum atomic E-state index is -1.18. The summed E-state index contributed by atoms with van der Waals surface area (Å²) in [6.07, 6.45) is 3.00. The van der Waals surface area contributed by atoms with E-state index in [1.807, 2.05) is 31.1 Å². The van der Waals surface area contributed by atoms with E-state index < -0.39 is 5.60 Å². The number of aliphatic hydroxyl groups is 1. The fraction of sp³-hybridized carbons (Fsp3) is 0.625. The van der Waals surface area contributed by atoms with Crippen LogP contribution in [-0.4, -0.2) is 71.3 Å². The van der Waals surface area contributed by atoms with Crippen LogP contribution in [0.25, 0.3) is 0 Å². The molecule has 2 unspecified atom stereocenters. The van der Waals surface area contributed by atoms with E-state index in [0.717, 1.165) is 23.7 Å². The van der Waals surface area contributed by atoms with Gasteiger partial charge in [0.25, 0.3) is 5.91 Å². The lowest BCUT2D eigenvalue weighted by molar-refractivity contribution is -0.147. The van der Waals surface area contributed by atoms with Crippen LogP contribution in [0.2, 0.25) is 0 Å². The zero-order valence-electron chi connectivity index (χ0n) is 13.6. The maximum Gasteiger partial charge on any atom is 0.255 e. The van der Waals surface area contributed by atoms with Gasteiger partial charge in [0.2, 0.25) is 0 Å². The summed E-state index contributed by atoms with van der Waals surface area (Å²) < 4.78 is 6.06. The molecule has 0 radical (unpaired) electrons. The van der Waals surface area contributed by atoms with E-state index in [9.17, 15) is 9.90 Å². The number of hydrogen-bond donors (Lipinski definition) is 1. The first-order valence-electron chi connectivity index (χ1n) is 7.88. The molecule has 2 atom stereocenters. The van der Waals surface area contributed by atoms with Gasteiger partial charge in [-0.25, -0.2) is 4.98 Å². The van der Waals surface area contributed by atoms with E-state index in [1.54, 1.807) is 22.9 Å². The largest absolute Gasteiger partial charge is 0.485 e. The van der Waals surface area contributed by atoms with E-state index in [2.05, 4.69) is 4.98 Å². The zero-order valence-corrected chi connectivity index (χ0v) is 14.4. The van der Waals surface area contributed by atoms with Crippen LogP contribution < -0.4 is 9.64 Å². The summed E-state index contributed by atoms with van der Waals surface area (Å²) in [5, 5.41) is 10.4. The Labute approximate surface area is 140 Å². The fourth-order valence-corrected chi connectivity index (χ4v) is 4.25. The molecule has 0 bridgehead atoms. The lowest BCUT2D eigenvalue weighted by atomic mass is 10.0. The van der Waals surface area contributed by atoms with E-state index in [4.69, 9.17) is 4.74 Å². The molecule has 1 amide bonds. The van der Waals surface area contributed by atoms with Gasteiger partial charge in [0.15, 0.2) is 17.2 Å². The second kappa shape index (κ2) is 6.57. The molecule has 2 aliphatic rings. The highest BCUT2D eigenvalue weighted by molar-refractivity contribution is 7.99. The Balaban J connectivity index is 1.63. The molecule has 0 spiro atoms. The first-order chi connectivity index (χ1) is 11.0. The van der Waals surface area contributed by atoms with Gasteiger partial charge >= 0.3 is 0 Å². The van der Waals surface area contributed by atoms with Gasteiger partial charge in [0.1, 0.15) is 6.10 Å². The predicted molar refractivity (Wildman–Crippen MR) is 91.1 cm³/mol. The summed E-state index contributed by atoms with van der Waals surface area (Å²) in [6, 6.07) is 3.74. The molecule has 1 aromatic heterocycles. The molecule has 3 rings (SSSR count). The summed E-state index contributed by atoms with van der Waals surface area (Å²) >= 11 is 1.63. The van der Waals surface area contributed by atoms with E-state index in [0.29, 0.717) is 25.3 Å². The number of amides is 1. The van der Waals surface area contributed by atoms with Crippen LogP contribution in [0, 0.1) is 0 Å². The van der Waals surface area contributed by atoms with Crippen LogP contribution in [0.4, 0.5) is 5.82 Å². The van der Waals surface area contributed by atoms with Crippen molar-refractivity contribution < 1.29 is 14.6 Å². The average Bonchev–Trinajstić information content (AvgIpc) is 3.17. The van der Waals surface area contributed by atoms with Gasteiger partial charge in [-0.3, -0.25) is 4.79 Å². The number of thioether (sulfide) groups is 1. The van der Waals surface area contributed by atoms with Crippen molar-refractivity contribution in [2.75, 3.05) is 43.6 Å². The maximum absolute atomic E-state index is 12.5. The monoisotopic (exact) mass is 337 g/mol. The first kappa shape index (κ1) is 16.4. The number of aromatic nitrogens is 1. The lowest BCUT2D eigenvalue weighted by Gasteiger charge is -2.27. The predicted octanol–water partition coefficient (Wildman–Crippen LogP) is 0.995. The van der Waals surface area contributed by atoms with E-state index in [-0.39, 0.29) is 12.0 Å². The first-order valence-corrected chi connectivity index (χ1v) is 9.03. The van der Waals surface area contributed by atoms with E-state index >= 15 is 0 Å². The molecule has 1 N–H and O–H groups in total. The molecule has 1 aromatic rings. The molecule has 126 valence electrons. The Bertz CT molecular complexity index is 575. The minimum absolute atomic E-state index is 0.0560. The number of carbonyl (C=O) groups is 1. The number of anilines is 1. The van der Waals surface area contributed by atoms with Gasteiger partial charge in [-0.15, -0.1) is 0 Å². The van der Waals surface area contributed by atoms with Gasteiger partial charge < -0.3 is 19.6 Å². The SMILES string of the molecule is CN(C)c1ncccc1OC1CCN(C(=O)C2(O)CCSC2)C1. The van der Waals surface area contributed by atoms with Crippen molar-refractivity contribution in [3.05, 3.63) is 18.3 Å². The minimum Gasteiger partial charge on any atom is -0.485 e. The fourth-order valence-electron chi connectivity index (χ4n) is 3.02. The number of pyridine rings is 1. The Morgan fingerprint density at radius 2 is 2.39 bits per heavy atom. The van der Waals surface area contributed by atoms with Crippen LogP contribution >= 0.6 is 11.8 Å². The normalized spacial score (nSPS) is 27.3. The topological polar surface area (TPSA) is 65.9 Å². The third-order valence-corrected chi connectivity index (χ3v) is 5.47. The average molecular weight is 337 g/mol. The summed E-state index contributed by atoms with van der Waals surface area (Å²) in [5.41, 5.74) is -1.18. The molecular weight excluding hydrogens is 314 g/mol. The van der Waals surface area contributed by atoms with Crippen molar-refractivity contribution in [3.63, 3.8) is 0 Å². The molecule has 0 aliphatic carbocycles. The lowest BCUT2D eigenvalue weighted by Crippen LogP contribution is -2.48. The Morgan fingerprint density at radius 3 is 3.09 bits per heavy atom. The summed E-state index contributed by atoms with van der Waals surface area (Å²) in [4.78, 5) is 20.5. The van der Waals surface area contributed by atoms with E-state index in [1.165, 1.54) is 0 Å². The number of carbonyl (C=O) groups excluding carboxylic acids is 1. The number of ether oxygens (including phenoxy) is 1. The third-order valence-electron chi connectivity index (χ3n) is 4.30. The molecule has 3 heterocycles. The Kier molecular flexibility index (Phi) is 4.68. The van der Waals surface area contributed by atoms with Crippen molar-refractivity contribution in [3.8, 4) is 5.75 Å². The van der Waals surface area contributed by atoms with Crippen LogP contribution in [0.1, 0.15) is 12.8 Å². The van der Waals surface area contributed by atoms with Gasteiger partial charge in [-0.2, -0.15) is 11.8 Å². The molecule has 2 saturated heterocycles. The third kappa shape index (κ3) is 3.40. The van der Waals surface area contributed by atoms with Crippen molar-refractivity contribution in [2.24, 2.45) is 0 Å². The van der Waals surface area contributed by atoms with Crippen molar-refractivity contribution >= 4 is 23.5 Å². The van der Waals surface area contributed by atoms with Gasteiger partial charge in [0, 0.05) is 39.0 Å². The molecule has 6 nitrogen and oxygen atoms in total. The number of hydrogen-bond acceptors (Lipinski definition) is 6. The number of rotatable bonds is 4. The highest BCUT2D eigenvalue weighted by atomic mass is 32.2. The number of likely N-dealkylation sites (tertiary alicyclic amines) is 1.